The zero-order valence-electron chi connectivity index (χ0n) is 12.9. The molecule has 0 aromatic carbocycles. The van der Waals surface area contributed by atoms with Crippen molar-refractivity contribution in [1.29, 1.82) is 0 Å². The highest BCUT2D eigenvalue weighted by Crippen LogP contribution is 2.27. The summed E-state index contributed by atoms with van der Waals surface area (Å²) in [5.41, 5.74) is 2.05. The van der Waals surface area contributed by atoms with Crippen molar-refractivity contribution in [2.24, 2.45) is 5.92 Å². The van der Waals surface area contributed by atoms with Crippen LogP contribution in [0.25, 0.3) is 0 Å². The van der Waals surface area contributed by atoms with Gasteiger partial charge in [0.05, 0.1) is 23.5 Å². The topological polar surface area (TPSA) is 29.0 Å². The summed E-state index contributed by atoms with van der Waals surface area (Å²) in [5, 5.41) is 0. The lowest BCUT2D eigenvalue weighted by molar-refractivity contribution is 0.362. The van der Waals surface area contributed by atoms with Crippen LogP contribution in [0.5, 0.6) is 0 Å². The number of hydrogen-bond donors (Lipinski definition) is 0. The first-order valence-electron chi connectivity index (χ1n) is 7.74. The maximum absolute atomic E-state index is 6.08. The second-order valence-electron chi connectivity index (χ2n) is 6.23. The zero-order valence-corrected chi connectivity index (χ0v) is 13.7. The highest BCUT2D eigenvalue weighted by Gasteiger charge is 2.18. The maximum atomic E-state index is 6.08. The zero-order chi connectivity index (χ0) is 14.5. The molecule has 0 spiro atoms. The largest absolute Gasteiger partial charge is 0.372 e. The van der Waals surface area contributed by atoms with Gasteiger partial charge in [0.2, 0.25) is 0 Å². The van der Waals surface area contributed by atoms with E-state index in [2.05, 4.69) is 35.8 Å². The number of aromatic nitrogens is 2. The molecule has 1 fully saturated rings. The maximum Gasteiger partial charge on any atom is 0.131 e. The third kappa shape index (κ3) is 3.85. The second-order valence-corrected chi connectivity index (χ2v) is 6.50. The summed E-state index contributed by atoms with van der Waals surface area (Å²) >= 11 is 6.08. The third-order valence-corrected chi connectivity index (χ3v) is 4.43. The number of hydrogen-bond acceptors (Lipinski definition) is 3. The number of nitrogens with zero attached hydrogens (tertiary/aromatic N) is 3. The second kappa shape index (κ2) is 7.26. The first-order valence-corrected chi connectivity index (χ1v) is 8.28. The van der Waals surface area contributed by atoms with Crippen molar-refractivity contribution >= 4 is 17.3 Å². The van der Waals surface area contributed by atoms with E-state index < -0.39 is 0 Å². The molecule has 0 amide bonds. The molecule has 1 aliphatic rings. The fourth-order valence-electron chi connectivity index (χ4n) is 2.98. The smallest absolute Gasteiger partial charge is 0.131 e. The van der Waals surface area contributed by atoms with E-state index in [0.29, 0.717) is 11.8 Å². The van der Waals surface area contributed by atoms with Gasteiger partial charge < -0.3 is 4.90 Å². The Balaban J connectivity index is 2.09. The summed E-state index contributed by atoms with van der Waals surface area (Å²) in [6, 6.07) is 0. The average molecular weight is 296 g/mol. The molecule has 20 heavy (non-hydrogen) atoms. The minimum absolute atomic E-state index is 0.342. The van der Waals surface area contributed by atoms with E-state index in [1.54, 1.807) is 0 Å². The van der Waals surface area contributed by atoms with Gasteiger partial charge in [-0.25, -0.2) is 9.97 Å². The molecule has 0 aliphatic heterocycles. The third-order valence-electron chi connectivity index (χ3n) is 4.18. The predicted octanol–water partition coefficient (Wildman–Crippen LogP) is 4.36. The van der Waals surface area contributed by atoms with E-state index in [-0.39, 0.29) is 0 Å². The van der Waals surface area contributed by atoms with Gasteiger partial charge in [-0.3, -0.25) is 0 Å². The van der Waals surface area contributed by atoms with Crippen molar-refractivity contribution in [3.8, 4) is 0 Å². The number of alkyl halides is 1. The first kappa shape index (κ1) is 15.6. The SMILES string of the molecule is CC(C)c1ncc(N(C)CC2CCCCC2)c(CCl)n1. The van der Waals surface area contributed by atoms with E-state index in [1.165, 1.54) is 32.1 Å². The van der Waals surface area contributed by atoms with Crippen LogP contribution in [0.3, 0.4) is 0 Å². The molecule has 1 saturated carbocycles. The molecule has 1 heterocycles. The first-order chi connectivity index (χ1) is 9.61. The van der Waals surface area contributed by atoms with Gasteiger partial charge in [-0.15, -0.1) is 11.6 Å². The highest BCUT2D eigenvalue weighted by atomic mass is 35.5. The van der Waals surface area contributed by atoms with E-state index in [9.17, 15) is 0 Å². The average Bonchev–Trinajstić information content (AvgIpc) is 2.47. The molecule has 1 aliphatic carbocycles. The molecule has 0 N–H and O–H groups in total. The molecular formula is C16H26ClN3. The van der Waals surface area contributed by atoms with Crippen LogP contribution in [0.1, 0.15) is 63.4 Å². The van der Waals surface area contributed by atoms with Gasteiger partial charge >= 0.3 is 0 Å². The van der Waals surface area contributed by atoms with Crippen molar-refractivity contribution < 1.29 is 0 Å². The Kier molecular flexibility index (Phi) is 5.64. The Labute approximate surface area is 127 Å². The predicted molar refractivity (Wildman–Crippen MR) is 85.5 cm³/mol. The van der Waals surface area contributed by atoms with E-state index >= 15 is 0 Å². The molecular weight excluding hydrogens is 270 g/mol. The van der Waals surface area contributed by atoms with Crippen molar-refractivity contribution in [3.05, 3.63) is 17.7 Å². The van der Waals surface area contributed by atoms with Gasteiger partial charge in [0.15, 0.2) is 0 Å². The Hall–Kier alpha value is -0.830. The Morgan fingerprint density at radius 1 is 1.30 bits per heavy atom. The van der Waals surface area contributed by atoms with Crippen molar-refractivity contribution in [3.63, 3.8) is 0 Å². The summed E-state index contributed by atoms with van der Waals surface area (Å²) in [5.74, 6) is 2.49. The quantitative estimate of drug-likeness (QED) is 0.756. The van der Waals surface area contributed by atoms with Crippen LogP contribution in [0.4, 0.5) is 5.69 Å². The van der Waals surface area contributed by atoms with Gasteiger partial charge in [-0.1, -0.05) is 33.1 Å². The van der Waals surface area contributed by atoms with E-state index in [4.69, 9.17) is 11.6 Å². The van der Waals surface area contributed by atoms with Crippen molar-refractivity contribution in [1.82, 2.24) is 9.97 Å². The number of rotatable bonds is 5. The molecule has 1 aromatic heterocycles. The van der Waals surface area contributed by atoms with Crippen molar-refractivity contribution in [2.75, 3.05) is 18.5 Å². The summed E-state index contributed by atoms with van der Waals surface area (Å²) in [6.07, 6.45) is 8.81. The lowest BCUT2D eigenvalue weighted by Crippen LogP contribution is -2.28. The number of anilines is 1. The molecule has 3 nitrogen and oxygen atoms in total. The van der Waals surface area contributed by atoms with Crippen LogP contribution in [0.2, 0.25) is 0 Å². The molecule has 0 bridgehead atoms. The standard InChI is InChI=1S/C16H26ClN3/c1-12(2)16-18-10-15(14(9-17)19-16)20(3)11-13-7-5-4-6-8-13/h10,12-13H,4-9,11H2,1-3H3. The molecule has 0 radical (unpaired) electrons. The van der Waals surface area contributed by atoms with E-state index in [0.717, 1.165) is 29.7 Å². The molecule has 2 rings (SSSR count). The molecule has 0 saturated heterocycles. The van der Waals surface area contributed by atoms with Gasteiger partial charge in [0.1, 0.15) is 5.82 Å². The van der Waals surface area contributed by atoms with Gasteiger partial charge in [-0.05, 0) is 18.8 Å². The van der Waals surface area contributed by atoms with E-state index in [1.807, 2.05) is 6.20 Å². The van der Waals surface area contributed by atoms with Crippen LogP contribution < -0.4 is 4.90 Å². The van der Waals surface area contributed by atoms with Crippen LogP contribution in [0.15, 0.2) is 6.20 Å². The van der Waals surface area contributed by atoms with Gasteiger partial charge in [0.25, 0.3) is 0 Å². The number of halogens is 1. The monoisotopic (exact) mass is 295 g/mol. The Morgan fingerprint density at radius 3 is 2.60 bits per heavy atom. The summed E-state index contributed by atoms with van der Waals surface area (Å²) < 4.78 is 0. The summed E-state index contributed by atoms with van der Waals surface area (Å²) in [7, 11) is 2.14. The van der Waals surface area contributed by atoms with Crippen LogP contribution in [-0.2, 0) is 5.88 Å². The molecule has 0 atom stereocenters. The summed E-state index contributed by atoms with van der Waals surface area (Å²) in [6.45, 7) is 5.31. The fraction of sp³-hybridized carbons (Fsp3) is 0.750. The normalized spacial score (nSPS) is 16.6. The molecule has 0 unspecified atom stereocenters. The van der Waals surface area contributed by atoms with Crippen molar-refractivity contribution in [2.45, 2.75) is 57.7 Å². The molecule has 112 valence electrons. The Morgan fingerprint density at radius 2 is 2.00 bits per heavy atom. The Bertz CT molecular complexity index is 428. The lowest BCUT2D eigenvalue weighted by Gasteiger charge is -2.29. The molecule has 4 heteroatoms. The van der Waals surface area contributed by atoms with Crippen LogP contribution in [0, 0.1) is 5.92 Å². The minimum Gasteiger partial charge on any atom is -0.372 e. The highest BCUT2D eigenvalue weighted by molar-refractivity contribution is 6.17. The van der Waals surface area contributed by atoms with Gasteiger partial charge in [0, 0.05) is 19.5 Å². The summed E-state index contributed by atoms with van der Waals surface area (Å²) in [4.78, 5) is 11.4. The minimum atomic E-state index is 0.342. The van der Waals surface area contributed by atoms with Crippen LogP contribution >= 0.6 is 11.6 Å². The fourth-order valence-corrected chi connectivity index (χ4v) is 3.17. The lowest BCUT2D eigenvalue weighted by atomic mass is 9.89. The molecule has 1 aromatic rings. The van der Waals surface area contributed by atoms with Crippen LogP contribution in [-0.4, -0.2) is 23.6 Å². The van der Waals surface area contributed by atoms with Gasteiger partial charge in [-0.2, -0.15) is 0 Å².